The predicted octanol–water partition coefficient (Wildman–Crippen LogP) is 7.48. The van der Waals surface area contributed by atoms with Gasteiger partial charge in [-0.2, -0.15) is 5.10 Å². The normalized spacial score (nSPS) is 19.2. The van der Waals surface area contributed by atoms with E-state index in [0.29, 0.717) is 13.2 Å². The standard InChI is InChI=1S/C31H30ClN3O5/c1-3-39-24-13-8-20(9-14-24)18-22-6-5-7-26-29(22)33-34(30(26)21-10-15-25(16-11-21)40-4-2)31(36)27-19-23(35(37)38)12-17-28(27)32/h8-19,26,30H,3-7H2,1-2H3/b22-18+/t26-,30-/m0/s1. The molecule has 1 aliphatic carbocycles. The number of nitro groups is 1. The minimum absolute atomic E-state index is 0.0398. The molecule has 3 aromatic carbocycles. The van der Waals surface area contributed by atoms with Crippen LogP contribution in [0.15, 0.2) is 77.4 Å². The number of hydrogen-bond acceptors (Lipinski definition) is 6. The number of halogens is 1. The maximum Gasteiger partial charge on any atom is 0.276 e. The molecule has 0 bridgehead atoms. The van der Waals surface area contributed by atoms with Gasteiger partial charge in [0.1, 0.15) is 11.5 Å². The van der Waals surface area contributed by atoms with Gasteiger partial charge in [0.05, 0.1) is 40.5 Å². The molecule has 9 heteroatoms. The second-order valence-electron chi connectivity index (χ2n) is 9.67. The monoisotopic (exact) mass is 559 g/mol. The highest BCUT2D eigenvalue weighted by atomic mass is 35.5. The van der Waals surface area contributed by atoms with Crippen molar-refractivity contribution in [2.45, 2.75) is 39.2 Å². The minimum Gasteiger partial charge on any atom is -0.494 e. The lowest BCUT2D eigenvalue weighted by Gasteiger charge is -2.30. The maximum atomic E-state index is 14.0. The topological polar surface area (TPSA) is 94.3 Å². The first-order valence-corrected chi connectivity index (χ1v) is 13.8. The van der Waals surface area contributed by atoms with E-state index in [1.54, 1.807) is 0 Å². The van der Waals surface area contributed by atoms with Crippen LogP contribution < -0.4 is 9.47 Å². The fourth-order valence-electron chi connectivity index (χ4n) is 5.37. The number of ether oxygens (including phenoxy) is 2. The molecule has 1 aliphatic heterocycles. The van der Waals surface area contributed by atoms with E-state index < -0.39 is 16.9 Å². The number of hydrazone groups is 1. The van der Waals surface area contributed by atoms with Gasteiger partial charge in [-0.1, -0.05) is 35.9 Å². The van der Waals surface area contributed by atoms with Gasteiger partial charge in [-0.25, -0.2) is 5.01 Å². The van der Waals surface area contributed by atoms with Crippen LogP contribution in [0, 0.1) is 16.0 Å². The molecular formula is C31H30ClN3O5. The van der Waals surface area contributed by atoms with Crippen LogP contribution in [0.2, 0.25) is 5.02 Å². The molecule has 0 saturated heterocycles. The molecule has 2 aliphatic rings. The second kappa shape index (κ2) is 11.9. The number of carbonyl (C=O) groups excluding carboxylic acids is 1. The molecule has 0 aromatic heterocycles. The lowest BCUT2D eigenvalue weighted by atomic mass is 9.77. The van der Waals surface area contributed by atoms with Gasteiger partial charge in [0.2, 0.25) is 0 Å². The number of allylic oxidation sites excluding steroid dienone is 1. The van der Waals surface area contributed by atoms with E-state index >= 15 is 0 Å². The number of carbonyl (C=O) groups is 1. The molecule has 1 fully saturated rings. The molecule has 0 spiro atoms. The van der Waals surface area contributed by atoms with Crippen molar-refractivity contribution in [3.8, 4) is 11.5 Å². The summed E-state index contributed by atoms with van der Waals surface area (Å²) in [6, 6.07) is 19.1. The number of amides is 1. The highest BCUT2D eigenvalue weighted by Gasteiger charge is 2.44. The molecule has 2 atom stereocenters. The van der Waals surface area contributed by atoms with Crippen LogP contribution in [0.5, 0.6) is 11.5 Å². The third-order valence-electron chi connectivity index (χ3n) is 7.17. The Morgan fingerprint density at radius 1 is 1.05 bits per heavy atom. The van der Waals surface area contributed by atoms with Gasteiger partial charge in [-0.3, -0.25) is 14.9 Å². The smallest absolute Gasteiger partial charge is 0.276 e. The minimum atomic E-state index is -0.537. The Labute approximate surface area is 238 Å². The van der Waals surface area contributed by atoms with Gasteiger partial charge < -0.3 is 9.47 Å². The molecule has 40 heavy (non-hydrogen) atoms. The third kappa shape index (κ3) is 5.58. The van der Waals surface area contributed by atoms with Gasteiger partial charge in [-0.05, 0) is 86.2 Å². The number of fused-ring (bicyclic) bond motifs is 1. The average molecular weight is 560 g/mol. The fraction of sp³-hybridized carbons (Fsp3) is 0.290. The van der Waals surface area contributed by atoms with E-state index in [9.17, 15) is 14.9 Å². The van der Waals surface area contributed by atoms with E-state index in [2.05, 4.69) is 6.08 Å². The van der Waals surface area contributed by atoms with Crippen LogP contribution in [0.4, 0.5) is 5.69 Å². The van der Waals surface area contributed by atoms with Crippen molar-refractivity contribution >= 4 is 35.0 Å². The van der Waals surface area contributed by atoms with Crippen molar-refractivity contribution in [1.82, 2.24) is 5.01 Å². The average Bonchev–Trinajstić information content (AvgIpc) is 3.35. The van der Waals surface area contributed by atoms with Gasteiger partial charge in [0, 0.05) is 18.1 Å². The summed E-state index contributed by atoms with van der Waals surface area (Å²) >= 11 is 6.39. The molecule has 8 nitrogen and oxygen atoms in total. The first-order chi connectivity index (χ1) is 19.4. The SMILES string of the molecule is CCOc1ccc(/C=C2\CCC[C@H]3C2=NN(C(=O)c2cc([N+](=O)[O-])ccc2Cl)[C@H]3c2ccc(OCC)cc2)cc1. The quantitative estimate of drug-likeness (QED) is 0.210. The zero-order valence-corrected chi connectivity index (χ0v) is 23.1. The number of nitro benzene ring substituents is 1. The molecule has 0 N–H and O–H groups in total. The molecule has 1 saturated carbocycles. The van der Waals surface area contributed by atoms with Crippen molar-refractivity contribution in [2.75, 3.05) is 13.2 Å². The summed E-state index contributed by atoms with van der Waals surface area (Å²) in [6.45, 7) is 5.03. The Kier molecular flexibility index (Phi) is 8.16. The lowest BCUT2D eigenvalue weighted by molar-refractivity contribution is -0.384. The number of hydrogen-bond donors (Lipinski definition) is 0. The zero-order chi connectivity index (χ0) is 28.2. The van der Waals surface area contributed by atoms with Crippen molar-refractivity contribution < 1.29 is 19.2 Å². The Morgan fingerprint density at radius 2 is 1.70 bits per heavy atom. The van der Waals surface area contributed by atoms with E-state index in [1.807, 2.05) is 62.4 Å². The number of benzene rings is 3. The summed E-state index contributed by atoms with van der Waals surface area (Å²) in [5.74, 6) is 1.03. The first-order valence-electron chi connectivity index (χ1n) is 13.4. The van der Waals surface area contributed by atoms with Gasteiger partial charge in [-0.15, -0.1) is 0 Å². The molecule has 0 unspecified atom stereocenters. The molecular weight excluding hydrogens is 530 g/mol. The largest absolute Gasteiger partial charge is 0.494 e. The summed E-state index contributed by atoms with van der Waals surface area (Å²) in [7, 11) is 0. The zero-order valence-electron chi connectivity index (χ0n) is 22.4. The van der Waals surface area contributed by atoms with E-state index in [-0.39, 0.29) is 22.2 Å². The first kappa shape index (κ1) is 27.4. The van der Waals surface area contributed by atoms with Gasteiger partial charge >= 0.3 is 0 Å². The molecule has 3 aromatic rings. The summed E-state index contributed by atoms with van der Waals surface area (Å²) in [5.41, 5.74) is 3.69. The van der Waals surface area contributed by atoms with Crippen LogP contribution >= 0.6 is 11.6 Å². The maximum absolute atomic E-state index is 14.0. The van der Waals surface area contributed by atoms with Crippen molar-refractivity contribution in [3.63, 3.8) is 0 Å². The summed E-state index contributed by atoms with van der Waals surface area (Å²) in [6.07, 6.45) is 4.74. The molecule has 206 valence electrons. The van der Waals surface area contributed by atoms with Crippen LogP contribution in [0.3, 0.4) is 0 Å². The summed E-state index contributed by atoms with van der Waals surface area (Å²) in [4.78, 5) is 24.9. The predicted molar refractivity (Wildman–Crippen MR) is 155 cm³/mol. The van der Waals surface area contributed by atoms with Crippen LogP contribution in [-0.2, 0) is 0 Å². The third-order valence-corrected chi connectivity index (χ3v) is 7.50. The van der Waals surface area contributed by atoms with Crippen molar-refractivity contribution in [1.29, 1.82) is 0 Å². The molecule has 1 heterocycles. The highest BCUT2D eigenvalue weighted by molar-refractivity contribution is 6.34. The van der Waals surface area contributed by atoms with Crippen molar-refractivity contribution in [2.24, 2.45) is 11.0 Å². The Hall–Kier alpha value is -4.17. The number of nitrogens with zero attached hydrogens (tertiary/aromatic N) is 3. The van der Waals surface area contributed by atoms with Crippen LogP contribution in [-0.4, -0.2) is 34.8 Å². The fourth-order valence-corrected chi connectivity index (χ4v) is 5.57. The summed E-state index contributed by atoms with van der Waals surface area (Å²) < 4.78 is 11.2. The Bertz CT molecular complexity index is 1470. The highest BCUT2D eigenvalue weighted by Crippen LogP contribution is 2.45. The van der Waals surface area contributed by atoms with Gasteiger partial charge in [0.25, 0.3) is 11.6 Å². The van der Waals surface area contributed by atoms with E-state index in [4.69, 9.17) is 26.2 Å². The number of rotatable bonds is 8. The van der Waals surface area contributed by atoms with E-state index in [1.165, 1.54) is 23.2 Å². The van der Waals surface area contributed by atoms with Crippen LogP contribution in [0.1, 0.15) is 60.6 Å². The van der Waals surface area contributed by atoms with Gasteiger partial charge in [0.15, 0.2) is 0 Å². The lowest BCUT2D eigenvalue weighted by Crippen LogP contribution is -2.32. The molecule has 1 amide bonds. The Balaban J connectivity index is 1.56. The summed E-state index contributed by atoms with van der Waals surface area (Å²) in [5, 5.41) is 17.9. The van der Waals surface area contributed by atoms with Crippen LogP contribution in [0.25, 0.3) is 6.08 Å². The second-order valence-corrected chi connectivity index (χ2v) is 10.1. The molecule has 0 radical (unpaired) electrons. The van der Waals surface area contributed by atoms with E-state index in [0.717, 1.165) is 53.2 Å². The van der Waals surface area contributed by atoms with Crippen molar-refractivity contribution in [3.05, 3.63) is 104 Å². The molecule has 5 rings (SSSR count). The number of non-ortho nitro benzene ring substituents is 1. The Morgan fingerprint density at radius 3 is 2.33 bits per heavy atom.